The summed E-state index contributed by atoms with van der Waals surface area (Å²) in [5.41, 5.74) is 0.447. The number of carbonyl (C=O) groups excluding carboxylic acids is 1. The molecular formula is C12H18N4O. The fourth-order valence-electron chi connectivity index (χ4n) is 2.09. The highest BCUT2D eigenvalue weighted by molar-refractivity contribution is 5.95. The van der Waals surface area contributed by atoms with Crippen molar-refractivity contribution in [3.63, 3.8) is 0 Å². The van der Waals surface area contributed by atoms with E-state index in [0.29, 0.717) is 18.3 Å². The van der Waals surface area contributed by atoms with Gasteiger partial charge in [-0.05, 0) is 26.4 Å². The molecule has 2 heterocycles. The van der Waals surface area contributed by atoms with Gasteiger partial charge in [0.05, 0.1) is 12.7 Å². The number of hydrogen-bond acceptors (Lipinski definition) is 5. The van der Waals surface area contributed by atoms with E-state index in [9.17, 15) is 4.79 Å². The number of nitrogens with zero attached hydrogens (tertiary/aromatic N) is 3. The van der Waals surface area contributed by atoms with Gasteiger partial charge in [0.15, 0.2) is 5.78 Å². The molecule has 0 spiro atoms. The number of likely N-dealkylation sites (N-methyl/N-ethyl adjacent to an activating group) is 1. The van der Waals surface area contributed by atoms with Crippen LogP contribution in [0.3, 0.4) is 0 Å². The monoisotopic (exact) mass is 234 g/mol. The number of ketones is 1. The Morgan fingerprint density at radius 2 is 2.47 bits per heavy atom. The topological polar surface area (TPSA) is 58.1 Å². The first-order valence-electron chi connectivity index (χ1n) is 5.97. The summed E-state index contributed by atoms with van der Waals surface area (Å²) in [5, 5.41) is 3.35. The summed E-state index contributed by atoms with van der Waals surface area (Å²) in [6, 6.07) is 0.448. The minimum atomic E-state index is 0.0335. The van der Waals surface area contributed by atoms with Crippen molar-refractivity contribution in [1.82, 2.24) is 20.2 Å². The van der Waals surface area contributed by atoms with E-state index in [-0.39, 0.29) is 5.78 Å². The number of carbonyl (C=O) groups is 1. The van der Waals surface area contributed by atoms with E-state index in [4.69, 9.17) is 0 Å². The molecule has 0 amide bonds. The van der Waals surface area contributed by atoms with Crippen molar-refractivity contribution in [3.05, 3.63) is 24.3 Å². The van der Waals surface area contributed by atoms with Gasteiger partial charge in [-0.25, -0.2) is 4.98 Å². The summed E-state index contributed by atoms with van der Waals surface area (Å²) in [5.74, 6) is 0.0335. The molecule has 1 fully saturated rings. The summed E-state index contributed by atoms with van der Waals surface area (Å²) in [7, 11) is 1.99. The van der Waals surface area contributed by atoms with Crippen LogP contribution in [-0.4, -0.2) is 53.4 Å². The molecule has 1 aromatic rings. The third-order valence-electron chi connectivity index (χ3n) is 3.14. The highest BCUT2D eigenvalue weighted by Crippen LogP contribution is 2.08. The predicted octanol–water partition coefficient (Wildman–Crippen LogP) is 0.343. The molecule has 2 rings (SSSR count). The van der Waals surface area contributed by atoms with Crippen LogP contribution in [0.4, 0.5) is 0 Å². The number of Topliss-reactive ketones (excluding diaryl/α,β-unsaturated/α-hetero) is 1. The lowest BCUT2D eigenvalue weighted by Crippen LogP contribution is -2.45. The van der Waals surface area contributed by atoms with E-state index in [1.165, 1.54) is 12.6 Å². The number of piperidine rings is 1. The van der Waals surface area contributed by atoms with Crippen LogP contribution in [0.25, 0.3) is 0 Å². The van der Waals surface area contributed by atoms with Crippen LogP contribution in [0.5, 0.6) is 0 Å². The largest absolute Gasteiger partial charge is 0.315 e. The first-order valence-corrected chi connectivity index (χ1v) is 5.97. The molecule has 1 aliphatic rings. The van der Waals surface area contributed by atoms with Gasteiger partial charge >= 0.3 is 0 Å². The lowest BCUT2D eigenvalue weighted by atomic mass is 10.1. The molecule has 0 unspecified atom stereocenters. The average molecular weight is 234 g/mol. The Hall–Kier alpha value is -1.33. The minimum absolute atomic E-state index is 0.0335. The molecule has 0 aliphatic carbocycles. The maximum Gasteiger partial charge on any atom is 0.196 e. The lowest BCUT2D eigenvalue weighted by Gasteiger charge is -2.30. The molecule has 0 radical (unpaired) electrons. The Morgan fingerprint density at radius 1 is 1.59 bits per heavy atom. The van der Waals surface area contributed by atoms with E-state index in [1.807, 2.05) is 7.05 Å². The maximum atomic E-state index is 11.9. The Kier molecular flexibility index (Phi) is 4.17. The molecule has 0 bridgehead atoms. The second-order valence-corrected chi connectivity index (χ2v) is 4.43. The second-order valence-electron chi connectivity index (χ2n) is 4.43. The molecule has 5 heteroatoms. The van der Waals surface area contributed by atoms with Crippen LogP contribution in [-0.2, 0) is 0 Å². The van der Waals surface area contributed by atoms with Crippen molar-refractivity contribution in [3.8, 4) is 0 Å². The first-order chi connectivity index (χ1) is 8.27. The van der Waals surface area contributed by atoms with Crippen molar-refractivity contribution in [2.24, 2.45) is 0 Å². The molecule has 1 N–H and O–H groups in total. The third-order valence-corrected chi connectivity index (χ3v) is 3.14. The zero-order valence-corrected chi connectivity index (χ0v) is 10.1. The molecule has 1 atom stereocenters. The summed E-state index contributed by atoms with van der Waals surface area (Å²) in [6.07, 6.45) is 6.97. The van der Waals surface area contributed by atoms with Crippen LogP contribution < -0.4 is 5.32 Å². The molecule has 1 aliphatic heterocycles. The van der Waals surface area contributed by atoms with Crippen LogP contribution in [0.15, 0.2) is 18.6 Å². The number of nitrogens with one attached hydrogen (secondary N) is 1. The minimum Gasteiger partial charge on any atom is -0.315 e. The Balaban J connectivity index is 1.89. The standard InChI is InChI=1S/C12H18N4O/c1-16(10-3-2-4-13-7-10)9-12(17)11-8-14-5-6-15-11/h5-6,8,10,13H,2-4,7,9H2,1H3/t10-/m1/s1. The Morgan fingerprint density at radius 3 is 3.12 bits per heavy atom. The van der Waals surface area contributed by atoms with Gasteiger partial charge in [0.2, 0.25) is 0 Å². The predicted molar refractivity (Wildman–Crippen MR) is 64.9 cm³/mol. The van der Waals surface area contributed by atoms with Gasteiger partial charge in [0.25, 0.3) is 0 Å². The summed E-state index contributed by atoms with van der Waals surface area (Å²) in [4.78, 5) is 22.0. The first kappa shape index (κ1) is 12.1. The summed E-state index contributed by atoms with van der Waals surface area (Å²) < 4.78 is 0. The zero-order chi connectivity index (χ0) is 12.1. The van der Waals surface area contributed by atoms with E-state index in [2.05, 4.69) is 20.2 Å². The van der Waals surface area contributed by atoms with Gasteiger partial charge < -0.3 is 5.32 Å². The van der Waals surface area contributed by atoms with Crippen LogP contribution in [0, 0.1) is 0 Å². The van der Waals surface area contributed by atoms with Crippen molar-refractivity contribution in [2.45, 2.75) is 18.9 Å². The van der Waals surface area contributed by atoms with Gasteiger partial charge in [-0.1, -0.05) is 0 Å². The molecule has 92 valence electrons. The molecule has 17 heavy (non-hydrogen) atoms. The van der Waals surface area contributed by atoms with Crippen molar-refractivity contribution in [1.29, 1.82) is 0 Å². The normalized spacial score (nSPS) is 20.5. The Labute approximate surface area is 101 Å². The third kappa shape index (κ3) is 3.31. The number of rotatable bonds is 4. The van der Waals surface area contributed by atoms with Gasteiger partial charge in [0.1, 0.15) is 5.69 Å². The van der Waals surface area contributed by atoms with Crippen molar-refractivity contribution in [2.75, 3.05) is 26.7 Å². The Bertz CT molecular complexity index is 362. The zero-order valence-electron chi connectivity index (χ0n) is 10.1. The van der Waals surface area contributed by atoms with Crippen LogP contribution in [0.1, 0.15) is 23.3 Å². The molecule has 0 aromatic carbocycles. The summed E-state index contributed by atoms with van der Waals surface area (Å²) >= 11 is 0. The molecular weight excluding hydrogens is 216 g/mol. The highest BCUT2D eigenvalue weighted by Gasteiger charge is 2.20. The lowest BCUT2D eigenvalue weighted by molar-refractivity contribution is 0.0901. The molecule has 5 nitrogen and oxygen atoms in total. The van der Waals surface area contributed by atoms with Crippen molar-refractivity contribution >= 4 is 5.78 Å². The summed E-state index contributed by atoms with van der Waals surface area (Å²) in [6.45, 7) is 2.46. The fraction of sp³-hybridized carbons (Fsp3) is 0.583. The van der Waals surface area contributed by atoms with Gasteiger partial charge in [-0.3, -0.25) is 14.7 Å². The van der Waals surface area contributed by atoms with Gasteiger partial charge in [-0.2, -0.15) is 0 Å². The second kappa shape index (κ2) is 5.84. The maximum absolute atomic E-state index is 11.9. The molecule has 0 saturated carbocycles. The SMILES string of the molecule is CN(CC(=O)c1cnccn1)[C@@H]1CCCNC1. The van der Waals surface area contributed by atoms with E-state index < -0.39 is 0 Å². The van der Waals surface area contributed by atoms with Crippen LogP contribution >= 0.6 is 0 Å². The van der Waals surface area contributed by atoms with E-state index in [0.717, 1.165) is 19.5 Å². The highest BCUT2D eigenvalue weighted by atomic mass is 16.1. The smallest absolute Gasteiger partial charge is 0.196 e. The van der Waals surface area contributed by atoms with Crippen LogP contribution in [0.2, 0.25) is 0 Å². The van der Waals surface area contributed by atoms with Crippen molar-refractivity contribution < 1.29 is 4.79 Å². The van der Waals surface area contributed by atoms with E-state index >= 15 is 0 Å². The fourth-order valence-corrected chi connectivity index (χ4v) is 2.09. The number of aromatic nitrogens is 2. The number of hydrogen-bond donors (Lipinski definition) is 1. The van der Waals surface area contributed by atoms with Gasteiger partial charge in [-0.15, -0.1) is 0 Å². The molecule has 1 saturated heterocycles. The molecule has 1 aromatic heterocycles. The van der Waals surface area contributed by atoms with E-state index in [1.54, 1.807) is 12.4 Å². The quantitative estimate of drug-likeness (QED) is 0.761. The van der Waals surface area contributed by atoms with Gasteiger partial charge in [0, 0.05) is 25.0 Å². The average Bonchev–Trinajstić information content (AvgIpc) is 2.40.